The maximum atomic E-state index is 11.8. The Balaban J connectivity index is 1.41. The second kappa shape index (κ2) is 10.1. The van der Waals surface area contributed by atoms with Gasteiger partial charge in [-0.15, -0.1) is 0 Å². The summed E-state index contributed by atoms with van der Waals surface area (Å²) >= 11 is 0. The molecule has 0 spiro atoms. The molecule has 1 aliphatic heterocycles. The molecule has 0 radical (unpaired) electrons. The van der Waals surface area contributed by atoms with Gasteiger partial charge in [-0.25, -0.2) is 4.98 Å². The lowest BCUT2D eigenvalue weighted by molar-refractivity contribution is -0.141. The Kier molecular flexibility index (Phi) is 6.83. The number of carbonyl (C=O) groups excluding carboxylic acids is 1. The summed E-state index contributed by atoms with van der Waals surface area (Å²) < 4.78 is 11.0. The third-order valence-corrected chi connectivity index (χ3v) is 5.85. The Morgan fingerprint density at radius 1 is 1.12 bits per heavy atom. The lowest BCUT2D eigenvalue weighted by atomic mass is 10.0. The maximum Gasteiger partial charge on any atom is 0.305 e. The highest BCUT2D eigenvalue weighted by atomic mass is 16.5. The summed E-state index contributed by atoms with van der Waals surface area (Å²) in [5.74, 6) is 1.58. The van der Waals surface area contributed by atoms with Gasteiger partial charge in [0, 0.05) is 24.5 Å². The first-order chi connectivity index (χ1) is 16.0. The number of carbonyl (C=O) groups is 1. The highest BCUT2D eigenvalue weighted by Crippen LogP contribution is 2.30. The molecule has 1 fully saturated rings. The number of anilines is 1. The van der Waals surface area contributed by atoms with Crippen LogP contribution in [0.4, 0.5) is 5.82 Å². The van der Waals surface area contributed by atoms with Crippen LogP contribution in [-0.2, 0) is 9.53 Å². The number of ether oxygens (including phenoxy) is 2. The number of hydrogen-bond donors (Lipinski definition) is 2. The second-order valence-electron chi connectivity index (χ2n) is 8.08. The normalized spacial score (nSPS) is 17.5. The summed E-state index contributed by atoms with van der Waals surface area (Å²) in [6.07, 6.45) is 6.24. The zero-order valence-corrected chi connectivity index (χ0v) is 18.5. The molecule has 8 nitrogen and oxygen atoms in total. The molecule has 0 saturated carbocycles. The van der Waals surface area contributed by atoms with Crippen molar-refractivity contribution >= 4 is 17.6 Å². The molecule has 1 aromatic heterocycles. The topological polar surface area (TPSA) is 114 Å². The van der Waals surface area contributed by atoms with Crippen LogP contribution in [0, 0.1) is 11.3 Å². The van der Waals surface area contributed by atoms with Crippen LogP contribution >= 0.6 is 0 Å². The van der Waals surface area contributed by atoms with Gasteiger partial charge in [0.05, 0.1) is 25.8 Å². The molecule has 0 aliphatic carbocycles. The molecule has 3 aromatic rings. The van der Waals surface area contributed by atoms with Crippen LogP contribution in [0.15, 0.2) is 67.1 Å². The van der Waals surface area contributed by atoms with Crippen LogP contribution < -0.4 is 15.4 Å². The number of hydrogen-bond acceptors (Lipinski definition) is 7. The first-order valence-corrected chi connectivity index (χ1v) is 10.8. The van der Waals surface area contributed by atoms with Gasteiger partial charge >= 0.3 is 5.97 Å². The summed E-state index contributed by atoms with van der Waals surface area (Å²) in [6, 6.07) is 15.6. The van der Waals surface area contributed by atoms with Crippen LogP contribution in [0.3, 0.4) is 0 Å². The molecule has 8 heteroatoms. The van der Waals surface area contributed by atoms with E-state index in [0.29, 0.717) is 25.1 Å². The van der Waals surface area contributed by atoms with E-state index in [-0.39, 0.29) is 23.8 Å². The van der Waals surface area contributed by atoms with Crippen molar-refractivity contribution in [3.63, 3.8) is 0 Å². The molecule has 0 bridgehead atoms. The van der Waals surface area contributed by atoms with Crippen molar-refractivity contribution in [2.45, 2.75) is 18.9 Å². The van der Waals surface area contributed by atoms with Gasteiger partial charge in [-0.1, -0.05) is 36.4 Å². The largest absolute Gasteiger partial charge is 0.491 e. The Morgan fingerprint density at radius 2 is 1.82 bits per heavy atom. The number of esters is 1. The summed E-state index contributed by atoms with van der Waals surface area (Å²) in [4.78, 5) is 22.6. The fourth-order valence-electron chi connectivity index (χ4n) is 4.14. The monoisotopic (exact) mass is 445 g/mol. The third kappa shape index (κ3) is 5.46. The molecule has 170 valence electrons. The standard InChI is InChI=1S/C25H27N5O3/c1-32-24(31)13-17-12-21(30(15-17)23-14-28-10-11-29-23)16-33-22-8-6-19(7-9-22)18-2-4-20(5-3-18)25(26)27/h2-11,14,17,21H,12-13,15-16H2,1H3,(H3,26,27)/t17-,21-/m0/s1. The second-order valence-corrected chi connectivity index (χ2v) is 8.08. The van der Waals surface area contributed by atoms with Crippen LogP contribution in [0.5, 0.6) is 5.75 Å². The molecule has 4 rings (SSSR count). The van der Waals surface area contributed by atoms with Crippen molar-refractivity contribution < 1.29 is 14.3 Å². The van der Waals surface area contributed by atoms with Crippen LogP contribution in [0.1, 0.15) is 18.4 Å². The number of nitrogens with zero attached hydrogens (tertiary/aromatic N) is 3. The van der Waals surface area contributed by atoms with Crippen molar-refractivity contribution in [2.75, 3.05) is 25.2 Å². The average Bonchev–Trinajstić information content (AvgIpc) is 3.26. The molecule has 2 atom stereocenters. The summed E-state index contributed by atoms with van der Waals surface area (Å²) in [5, 5.41) is 7.51. The molecule has 0 amide bonds. The van der Waals surface area contributed by atoms with Gasteiger partial charge < -0.3 is 20.1 Å². The van der Waals surface area contributed by atoms with E-state index in [1.54, 1.807) is 18.6 Å². The van der Waals surface area contributed by atoms with Gasteiger partial charge in [0.1, 0.15) is 24.0 Å². The number of amidine groups is 1. The predicted molar refractivity (Wildman–Crippen MR) is 126 cm³/mol. The van der Waals surface area contributed by atoms with Crippen LogP contribution in [0.2, 0.25) is 0 Å². The molecular weight excluding hydrogens is 418 g/mol. The smallest absolute Gasteiger partial charge is 0.305 e. The summed E-state index contributed by atoms with van der Waals surface area (Å²) in [5.41, 5.74) is 8.33. The molecule has 0 unspecified atom stereocenters. The van der Waals surface area contributed by atoms with E-state index in [1.165, 1.54) is 7.11 Å². The SMILES string of the molecule is COC(=O)C[C@@H]1C[C@@H](COc2ccc(-c3ccc(C(=N)N)cc3)cc2)N(c2cnccn2)C1. The molecule has 1 saturated heterocycles. The van der Waals surface area contributed by atoms with E-state index in [2.05, 4.69) is 14.9 Å². The first-order valence-electron chi connectivity index (χ1n) is 10.8. The minimum atomic E-state index is -0.201. The van der Waals surface area contributed by atoms with Gasteiger partial charge in [-0.05, 0) is 35.6 Å². The van der Waals surface area contributed by atoms with Gasteiger partial charge in [0.15, 0.2) is 0 Å². The number of nitrogens with two attached hydrogens (primary N) is 1. The van der Waals surface area contributed by atoms with Crippen molar-refractivity contribution in [1.29, 1.82) is 5.41 Å². The number of rotatable bonds is 8. The Hall–Kier alpha value is -3.94. The van der Waals surface area contributed by atoms with E-state index in [9.17, 15) is 4.79 Å². The minimum Gasteiger partial charge on any atom is -0.491 e. The Labute approximate surface area is 192 Å². The quantitative estimate of drug-likeness (QED) is 0.311. The minimum absolute atomic E-state index is 0.0570. The number of nitrogens with one attached hydrogen (secondary N) is 1. The summed E-state index contributed by atoms with van der Waals surface area (Å²) in [6.45, 7) is 1.18. The molecule has 1 aliphatic rings. The zero-order chi connectivity index (χ0) is 23.2. The Bertz CT molecular complexity index is 1090. The lowest BCUT2D eigenvalue weighted by Crippen LogP contribution is -2.34. The van der Waals surface area contributed by atoms with E-state index in [0.717, 1.165) is 29.1 Å². The van der Waals surface area contributed by atoms with Gasteiger partial charge in [-0.2, -0.15) is 0 Å². The fraction of sp³-hybridized carbons (Fsp3) is 0.280. The van der Waals surface area contributed by atoms with Crippen molar-refractivity contribution in [1.82, 2.24) is 9.97 Å². The lowest BCUT2D eigenvalue weighted by Gasteiger charge is -2.25. The molecule has 2 aromatic carbocycles. The van der Waals surface area contributed by atoms with E-state index in [1.807, 2.05) is 48.5 Å². The highest BCUT2D eigenvalue weighted by molar-refractivity contribution is 5.95. The van der Waals surface area contributed by atoms with E-state index < -0.39 is 0 Å². The predicted octanol–water partition coefficient (Wildman–Crippen LogP) is 3.26. The van der Waals surface area contributed by atoms with Gasteiger partial charge in [0.25, 0.3) is 0 Å². The van der Waals surface area contributed by atoms with Crippen LogP contribution in [0.25, 0.3) is 11.1 Å². The number of benzene rings is 2. The third-order valence-electron chi connectivity index (χ3n) is 5.85. The summed E-state index contributed by atoms with van der Waals surface area (Å²) in [7, 11) is 1.42. The van der Waals surface area contributed by atoms with Gasteiger partial charge in [0.2, 0.25) is 0 Å². The number of aromatic nitrogens is 2. The number of methoxy groups -OCH3 is 1. The molecular formula is C25H27N5O3. The highest BCUT2D eigenvalue weighted by Gasteiger charge is 2.34. The molecule has 2 heterocycles. The van der Waals surface area contributed by atoms with Crippen molar-refractivity contribution in [2.24, 2.45) is 11.7 Å². The van der Waals surface area contributed by atoms with Crippen LogP contribution in [-0.4, -0.2) is 48.1 Å². The Morgan fingerprint density at radius 3 is 2.42 bits per heavy atom. The zero-order valence-electron chi connectivity index (χ0n) is 18.5. The van der Waals surface area contributed by atoms with Crippen molar-refractivity contribution in [3.05, 3.63) is 72.7 Å². The van der Waals surface area contributed by atoms with E-state index >= 15 is 0 Å². The van der Waals surface area contributed by atoms with E-state index in [4.69, 9.17) is 20.6 Å². The molecule has 33 heavy (non-hydrogen) atoms. The maximum absolute atomic E-state index is 11.8. The average molecular weight is 446 g/mol. The molecule has 3 N–H and O–H groups in total. The fourth-order valence-corrected chi connectivity index (χ4v) is 4.14. The number of nitrogen functional groups attached to an aromatic ring is 1. The van der Waals surface area contributed by atoms with Crippen molar-refractivity contribution in [3.8, 4) is 16.9 Å². The first kappa shape index (κ1) is 22.3. The van der Waals surface area contributed by atoms with Gasteiger partial charge in [-0.3, -0.25) is 15.2 Å².